The highest BCUT2D eigenvalue weighted by Gasteiger charge is 2.15. The first kappa shape index (κ1) is 12.4. The van der Waals surface area contributed by atoms with Crippen molar-refractivity contribution in [1.82, 2.24) is 9.38 Å². The number of carboxylic acid groups (broad SMARTS) is 1. The Morgan fingerprint density at radius 2 is 2.26 bits per heavy atom. The molecule has 7 heteroatoms. The first-order chi connectivity index (χ1) is 9.16. The fraction of sp³-hybridized carbons (Fsp3) is 0. The van der Waals surface area contributed by atoms with Crippen LogP contribution in [0.5, 0.6) is 0 Å². The minimum absolute atomic E-state index is 0.213. The highest BCUT2D eigenvalue weighted by Crippen LogP contribution is 2.28. The molecule has 3 rings (SSSR count). The molecule has 0 aliphatic heterocycles. The Hall–Kier alpha value is -1.63. The number of imidazole rings is 1. The second-order valence-electron chi connectivity index (χ2n) is 3.68. The van der Waals surface area contributed by atoms with E-state index in [2.05, 4.69) is 4.98 Å². The van der Waals surface area contributed by atoms with E-state index < -0.39 is 5.97 Å². The highest BCUT2D eigenvalue weighted by atomic mass is 35.5. The lowest BCUT2D eigenvalue weighted by Gasteiger charge is -1.99. The van der Waals surface area contributed by atoms with Crippen molar-refractivity contribution in [3.63, 3.8) is 0 Å². The Balaban J connectivity index is 2.19. The number of thiophene rings is 1. The topological polar surface area (TPSA) is 54.6 Å². The third-order valence-electron chi connectivity index (χ3n) is 2.55. The number of carboxylic acids is 1. The number of aromatic nitrogens is 2. The monoisotopic (exact) mass is 310 g/mol. The molecule has 0 fully saturated rings. The Labute approximate surface area is 121 Å². The van der Waals surface area contributed by atoms with Crippen LogP contribution in [0.2, 0.25) is 5.15 Å². The third kappa shape index (κ3) is 2.18. The maximum absolute atomic E-state index is 11.4. The Bertz CT molecular complexity index is 771. The number of fused-ring (bicyclic) bond motifs is 1. The van der Waals surface area contributed by atoms with Gasteiger partial charge in [-0.2, -0.15) is 0 Å². The first-order valence-electron chi connectivity index (χ1n) is 5.27. The van der Waals surface area contributed by atoms with Gasteiger partial charge in [0.05, 0.1) is 11.3 Å². The average Bonchev–Trinajstić information content (AvgIpc) is 3.03. The summed E-state index contributed by atoms with van der Waals surface area (Å²) in [5.74, 6) is -0.983. The van der Waals surface area contributed by atoms with Crippen molar-refractivity contribution in [3.05, 3.63) is 44.8 Å². The summed E-state index contributed by atoms with van der Waals surface area (Å²) in [6, 6.07) is 3.58. The van der Waals surface area contributed by atoms with E-state index in [1.807, 2.05) is 23.0 Å². The summed E-state index contributed by atoms with van der Waals surface area (Å²) >= 11 is 8.88. The quantitative estimate of drug-likeness (QED) is 0.750. The molecule has 0 atom stereocenters. The maximum atomic E-state index is 11.4. The van der Waals surface area contributed by atoms with Crippen LogP contribution < -0.4 is 0 Å². The summed E-state index contributed by atoms with van der Waals surface area (Å²) in [7, 11) is 0. The van der Waals surface area contributed by atoms with Gasteiger partial charge in [0.1, 0.15) is 0 Å². The van der Waals surface area contributed by atoms with E-state index in [-0.39, 0.29) is 5.57 Å². The van der Waals surface area contributed by atoms with Crippen LogP contribution in [0.25, 0.3) is 16.6 Å². The molecule has 0 radical (unpaired) electrons. The minimum Gasteiger partial charge on any atom is -0.478 e. The average molecular weight is 311 g/mol. The number of thiazole rings is 1. The normalized spacial score (nSPS) is 12.2. The molecule has 0 saturated heterocycles. The number of carbonyl (C=O) groups is 1. The zero-order valence-corrected chi connectivity index (χ0v) is 11.8. The van der Waals surface area contributed by atoms with E-state index in [0.717, 1.165) is 4.96 Å². The number of rotatable bonds is 3. The van der Waals surface area contributed by atoms with Crippen molar-refractivity contribution < 1.29 is 9.90 Å². The van der Waals surface area contributed by atoms with Crippen LogP contribution in [0, 0.1) is 0 Å². The van der Waals surface area contributed by atoms with Crippen molar-refractivity contribution >= 4 is 56.9 Å². The van der Waals surface area contributed by atoms with Crippen LogP contribution in [-0.2, 0) is 4.79 Å². The molecular formula is C12H7ClN2O2S2. The molecule has 3 heterocycles. The van der Waals surface area contributed by atoms with Gasteiger partial charge in [0, 0.05) is 16.5 Å². The van der Waals surface area contributed by atoms with Gasteiger partial charge in [0.15, 0.2) is 10.1 Å². The first-order valence-corrected chi connectivity index (χ1v) is 7.40. The van der Waals surface area contributed by atoms with Gasteiger partial charge < -0.3 is 5.11 Å². The van der Waals surface area contributed by atoms with Crippen LogP contribution >= 0.6 is 34.3 Å². The Morgan fingerprint density at radius 1 is 1.42 bits per heavy atom. The summed E-state index contributed by atoms with van der Waals surface area (Å²) in [6.07, 6.45) is 3.38. The van der Waals surface area contributed by atoms with E-state index in [1.165, 1.54) is 22.7 Å². The summed E-state index contributed by atoms with van der Waals surface area (Å²) < 4.78 is 1.78. The number of aliphatic carboxylic acids is 1. The van der Waals surface area contributed by atoms with Crippen LogP contribution in [0.15, 0.2) is 29.1 Å². The van der Waals surface area contributed by atoms with Gasteiger partial charge in [0.25, 0.3) is 0 Å². The van der Waals surface area contributed by atoms with Crippen molar-refractivity contribution in [2.45, 2.75) is 0 Å². The molecule has 0 saturated carbocycles. The molecule has 0 unspecified atom stereocenters. The molecule has 0 spiro atoms. The van der Waals surface area contributed by atoms with Crippen LogP contribution in [0.3, 0.4) is 0 Å². The van der Waals surface area contributed by atoms with E-state index in [0.29, 0.717) is 15.7 Å². The molecule has 3 aromatic heterocycles. The highest BCUT2D eigenvalue weighted by molar-refractivity contribution is 7.15. The minimum atomic E-state index is -0.983. The molecule has 4 nitrogen and oxygen atoms in total. The molecule has 19 heavy (non-hydrogen) atoms. The molecule has 0 amide bonds. The van der Waals surface area contributed by atoms with Gasteiger partial charge in [-0.15, -0.1) is 22.7 Å². The fourth-order valence-corrected chi connectivity index (χ4v) is 3.44. The van der Waals surface area contributed by atoms with Crippen molar-refractivity contribution in [2.75, 3.05) is 0 Å². The molecule has 0 aliphatic carbocycles. The second-order valence-corrected chi connectivity index (χ2v) is 5.86. The SMILES string of the molecule is O=C(O)/C(=C\c1c(Cl)nc2sccn12)c1cccs1. The Morgan fingerprint density at radius 3 is 2.95 bits per heavy atom. The Kier molecular flexibility index (Phi) is 3.14. The van der Waals surface area contributed by atoms with Crippen molar-refractivity contribution in [1.29, 1.82) is 0 Å². The largest absolute Gasteiger partial charge is 0.478 e. The predicted octanol–water partition coefficient (Wildman–Crippen LogP) is 3.74. The van der Waals surface area contributed by atoms with Crippen molar-refractivity contribution in [2.24, 2.45) is 0 Å². The molecule has 0 aromatic carbocycles. The fourth-order valence-electron chi connectivity index (χ4n) is 1.71. The van der Waals surface area contributed by atoms with Crippen LogP contribution in [0.4, 0.5) is 0 Å². The third-order valence-corrected chi connectivity index (χ3v) is 4.49. The van der Waals surface area contributed by atoms with Gasteiger partial charge in [-0.05, 0) is 17.5 Å². The van der Waals surface area contributed by atoms with E-state index >= 15 is 0 Å². The van der Waals surface area contributed by atoms with Gasteiger partial charge in [-0.3, -0.25) is 4.40 Å². The standard InChI is InChI=1S/C12H7ClN2O2S2/c13-10-8(15-3-5-19-12(15)14-10)6-7(11(16)17)9-2-1-4-18-9/h1-6H,(H,16,17)/b7-6-. The lowest BCUT2D eigenvalue weighted by molar-refractivity contribution is -0.130. The van der Waals surface area contributed by atoms with Crippen LogP contribution in [-0.4, -0.2) is 20.5 Å². The number of hydrogen-bond donors (Lipinski definition) is 1. The number of halogens is 1. The molecule has 0 aliphatic rings. The molecule has 96 valence electrons. The molecule has 0 bridgehead atoms. The summed E-state index contributed by atoms with van der Waals surface area (Å²) in [5.41, 5.74) is 0.800. The number of hydrogen-bond acceptors (Lipinski definition) is 4. The van der Waals surface area contributed by atoms with Crippen molar-refractivity contribution in [3.8, 4) is 0 Å². The van der Waals surface area contributed by atoms with Gasteiger partial charge >= 0.3 is 5.97 Å². The smallest absolute Gasteiger partial charge is 0.337 e. The summed E-state index contributed by atoms with van der Waals surface area (Å²) in [5, 5.41) is 13.3. The van der Waals surface area contributed by atoms with E-state index in [4.69, 9.17) is 11.6 Å². The van der Waals surface area contributed by atoms with E-state index in [1.54, 1.807) is 16.5 Å². The maximum Gasteiger partial charge on any atom is 0.337 e. The summed E-state index contributed by atoms with van der Waals surface area (Å²) in [4.78, 5) is 17.0. The summed E-state index contributed by atoms with van der Waals surface area (Å²) in [6.45, 7) is 0. The van der Waals surface area contributed by atoms with Gasteiger partial charge in [0.2, 0.25) is 0 Å². The zero-order chi connectivity index (χ0) is 13.4. The zero-order valence-electron chi connectivity index (χ0n) is 9.41. The van der Waals surface area contributed by atoms with Crippen LogP contribution in [0.1, 0.15) is 10.6 Å². The lowest BCUT2D eigenvalue weighted by Crippen LogP contribution is -1.98. The molecule has 1 N–H and O–H groups in total. The molecular weight excluding hydrogens is 304 g/mol. The van der Waals surface area contributed by atoms with Gasteiger partial charge in [-0.1, -0.05) is 17.7 Å². The van der Waals surface area contributed by atoms with E-state index in [9.17, 15) is 9.90 Å². The molecule has 3 aromatic rings. The lowest BCUT2D eigenvalue weighted by atomic mass is 10.2. The predicted molar refractivity (Wildman–Crippen MR) is 77.9 cm³/mol. The second kappa shape index (κ2) is 4.80. The number of nitrogens with zero attached hydrogens (tertiary/aromatic N) is 2. The van der Waals surface area contributed by atoms with Gasteiger partial charge in [-0.25, -0.2) is 9.78 Å².